The summed E-state index contributed by atoms with van der Waals surface area (Å²) in [6.45, 7) is 9.38. The number of carbonyl (C=O) groups excluding carboxylic acids is 4. The summed E-state index contributed by atoms with van der Waals surface area (Å²) in [5, 5.41) is 18.6. The van der Waals surface area contributed by atoms with Crippen molar-refractivity contribution in [3.05, 3.63) is 0 Å². The quantitative estimate of drug-likeness (QED) is 0.364. The Hall–Kier alpha value is -2.65. The number of nitrogens with one attached hydrogen (secondary N) is 4. The molecule has 5 N–H and O–H groups in total. The van der Waals surface area contributed by atoms with Crippen molar-refractivity contribution in [2.24, 2.45) is 0 Å². The van der Waals surface area contributed by atoms with Crippen molar-refractivity contribution in [3.63, 3.8) is 0 Å². The first-order valence-corrected chi connectivity index (χ1v) is 8.14. The lowest BCUT2D eigenvalue weighted by Gasteiger charge is -2.25. The Labute approximate surface area is 152 Å². The monoisotopic (exact) mass is 372 g/mol. The minimum atomic E-state index is -1.39. The molecule has 0 saturated carbocycles. The Morgan fingerprint density at radius 2 is 1.35 bits per heavy atom. The van der Waals surface area contributed by atoms with Gasteiger partial charge in [-0.2, -0.15) is 0 Å². The number of carboxylic acids is 1. The Bertz CT molecular complexity index is 570. The molecule has 148 valence electrons. The second-order valence-electron chi connectivity index (χ2n) is 7.05. The Balaban J connectivity index is 4.98. The van der Waals surface area contributed by atoms with E-state index in [0.717, 1.165) is 0 Å². The zero-order valence-electron chi connectivity index (χ0n) is 15.9. The van der Waals surface area contributed by atoms with Crippen LogP contribution in [-0.4, -0.2) is 58.4 Å². The van der Waals surface area contributed by atoms with Gasteiger partial charge < -0.3 is 26.4 Å². The molecule has 3 atom stereocenters. The molecule has 10 nitrogen and oxygen atoms in total. The van der Waals surface area contributed by atoms with Crippen LogP contribution in [0.1, 0.15) is 48.0 Å². The molecular weight excluding hydrogens is 344 g/mol. The normalized spacial score (nSPS) is 14.4. The van der Waals surface area contributed by atoms with Crippen LogP contribution in [0.5, 0.6) is 0 Å². The van der Waals surface area contributed by atoms with Crippen molar-refractivity contribution in [3.8, 4) is 0 Å². The van der Waals surface area contributed by atoms with Gasteiger partial charge in [0.15, 0.2) is 0 Å². The molecule has 10 heteroatoms. The molecule has 0 aromatic rings. The molecule has 0 aromatic carbocycles. The van der Waals surface area contributed by atoms with Gasteiger partial charge in [-0.15, -0.1) is 0 Å². The van der Waals surface area contributed by atoms with E-state index in [9.17, 15) is 24.0 Å². The molecule has 0 heterocycles. The highest BCUT2D eigenvalue weighted by atomic mass is 16.4. The van der Waals surface area contributed by atoms with Gasteiger partial charge in [0.25, 0.3) is 0 Å². The fourth-order valence-electron chi connectivity index (χ4n) is 1.91. The number of rotatable bonds is 8. The van der Waals surface area contributed by atoms with Gasteiger partial charge in [0, 0.05) is 12.5 Å². The van der Waals surface area contributed by atoms with Crippen LogP contribution in [-0.2, 0) is 24.0 Å². The summed E-state index contributed by atoms with van der Waals surface area (Å²) in [6.07, 6.45) is -0.669. The number of hydrogen-bond donors (Lipinski definition) is 5. The highest BCUT2D eigenvalue weighted by Crippen LogP contribution is 2.01. The lowest BCUT2D eigenvalue weighted by Crippen LogP contribution is -2.57. The number of aliphatic carboxylic acids is 1. The van der Waals surface area contributed by atoms with E-state index in [1.807, 2.05) is 0 Å². The van der Waals surface area contributed by atoms with Crippen LogP contribution in [0.25, 0.3) is 0 Å². The van der Waals surface area contributed by atoms with E-state index >= 15 is 0 Å². The molecule has 0 radical (unpaired) electrons. The van der Waals surface area contributed by atoms with E-state index in [1.54, 1.807) is 20.8 Å². The highest BCUT2D eigenvalue weighted by Gasteiger charge is 2.29. The van der Waals surface area contributed by atoms with E-state index in [2.05, 4.69) is 21.3 Å². The summed E-state index contributed by atoms with van der Waals surface area (Å²) in [5.74, 6) is -3.72. The van der Waals surface area contributed by atoms with Crippen molar-refractivity contribution < 1.29 is 29.1 Å². The van der Waals surface area contributed by atoms with E-state index < -0.39 is 59.7 Å². The first-order valence-electron chi connectivity index (χ1n) is 8.14. The average molecular weight is 372 g/mol. The summed E-state index contributed by atoms with van der Waals surface area (Å²) in [7, 11) is 0. The predicted molar refractivity (Wildman–Crippen MR) is 93.0 cm³/mol. The van der Waals surface area contributed by atoms with Crippen LogP contribution < -0.4 is 21.3 Å². The van der Waals surface area contributed by atoms with Crippen LogP contribution in [0, 0.1) is 0 Å². The standard InChI is InChI=1S/C16H28N4O6/c1-8(17-10(3)21)13(24)19-11(7-12(22)23)15(26)18-9(2)14(25)20-16(4,5)6/h8-9,11H,7H2,1-6H3,(H,17,21)(H,18,26)(H,19,24)(H,20,25)(H,22,23)/t8-,9-,11-/m0/s1. The molecular formula is C16H28N4O6. The Morgan fingerprint density at radius 1 is 0.846 bits per heavy atom. The summed E-state index contributed by atoms with van der Waals surface area (Å²) in [5.41, 5.74) is -0.501. The number of carboxylic acid groups (broad SMARTS) is 1. The van der Waals surface area contributed by atoms with Gasteiger partial charge >= 0.3 is 5.97 Å². The van der Waals surface area contributed by atoms with E-state index in [-0.39, 0.29) is 0 Å². The van der Waals surface area contributed by atoms with Gasteiger partial charge in [0.05, 0.1) is 6.42 Å². The van der Waals surface area contributed by atoms with E-state index in [4.69, 9.17) is 5.11 Å². The summed E-state index contributed by atoms with van der Waals surface area (Å²) >= 11 is 0. The van der Waals surface area contributed by atoms with Gasteiger partial charge in [0.2, 0.25) is 23.6 Å². The molecule has 0 bridgehead atoms. The van der Waals surface area contributed by atoms with E-state index in [0.29, 0.717) is 0 Å². The smallest absolute Gasteiger partial charge is 0.305 e. The molecule has 26 heavy (non-hydrogen) atoms. The molecule has 4 amide bonds. The molecule has 0 aliphatic heterocycles. The van der Waals surface area contributed by atoms with Crippen molar-refractivity contribution in [1.82, 2.24) is 21.3 Å². The van der Waals surface area contributed by atoms with Gasteiger partial charge in [-0.05, 0) is 34.6 Å². The van der Waals surface area contributed by atoms with Crippen molar-refractivity contribution in [2.75, 3.05) is 0 Å². The second kappa shape index (κ2) is 9.73. The molecule has 0 aliphatic rings. The van der Waals surface area contributed by atoms with Crippen LogP contribution in [0.3, 0.4) is 0 Å². The highest BCUT2D eigenvalue weighted by molar-refractivity contribution is 5.95. The third-order valence-electron chi connectivity index (χ3n) is 3.08. The second-order valence-corrected chi connectivity index (χ2v) is 7.05. The van der Waals surface area contributed by atoms with Crippen molar-refractivity contribution in [1.29, 1.82) is 0 Å². The molecule has 0 aliphatic carbocycles. The van der Waals surface area contributed by atoms with Crippen LogP contribution >= 0.6 is 0 Å². The Kier molecular flexibility index (Phi) is 8.74. The molecule has 0 saturated heterocycles. The maximum absolute atomic E-state index is 12.3. The first-order chi connectivity index (χ1) is 11.7. The fraction of sp³-hybridized carbons (Fsp3) is 0.688. The minimum absolute atomic E-state index is 0.445. The van der Waals surface area contributed by atoms with Crippen LogP contribution in [0.15, 0.2) is 0 Å². The molecule has 0 unspecified atom stereocenters. The van der Waals surface area contributed by atoms with Gasteiger partial charge in [-0.25, -0.2) is 0 Å². The van der Waals surface area contributed by atoms with Crippen molar-refractivity contribution >= 4 is 29.6 Å². The lowest BCUT2D eigenvalue weighted by molar-refractivity contribution is -0.141. The maximum Gasteiger partial charge on any atom is 0.305 e. The maximum atomic E-state index is 12.3. The minimum Gasteiger partial charge on any atom is -0.481 e. The molecule has 0 fully saturated rings. The van der Waals surface area contributed by atoms with Gasteiger partial charge in [0.1, 0.15) is 18.1 Å². The topological polar surface area (TPSA) is 154 Å². The van der Waals surface area contributed by atoms with Gasteiger partial charge in [-0.3, -0.25) is 24.0 Å². The average Bonchev–Trinajstić information content (AvgIpc) is 2.43. The predicted octanol–water partition coefficient (Wildman–Crippen LogP) is -1.11. The number of hydrogen-bond acceptors (Lipinski definition) is 5. The third kappa shape index (κ3) is 9.60. The third-order valence-corrected chi connectivity index (χ3v) is 3.08. The Morgan fingerprint density at radius 3 is 1.77 bits per heavy atom. The molecule has 0 rings (SSSR count). The lowest BCUT2D eigenvalue weighted by atomic mass is 10.1. The molecule has 0 aromatic heterocycles. The largest absolute Gasteiger partial charge is 0.481 e. The summed E-state index contributed by atoms with van der Waals surface area (Å²) in [4.78, 5) is 58.3. The fourth-order valence-corrected chi connectivity index (χ4v) is 1.91. The zero-order valence-corrected chi connectivity index (χ0v) is 15.9. The number of amides is 4. The molecule has 0 spiro atoms. The zero-order chi connectivity index (χ0) is 20.7. The van der Waals surface area contributed by atoms with Gasteiger partial charge in [-0.1, -0.05) is 0 Å². The van der Waals surface area contributed by atoms with Crippen molar-refractivity contribution in [2.45, 2.75) is 71.6 Å². The summed E-state index contributed by atoms with van der Waals surface area (Å²) < 4.78 is 0. The SMILES string of the molecule is CC(=O)N[C@@H](C)C(=O)N[C@@H](CC(=O)O)C(=O)N[C@@H](C)C(=O)NC(C)(C)C. The van der Waals surface area contributed by atoms with Crippen LogP contribution in [0.2, 0.25) is 0 Å². The first kappa shape index (κ1) is 23.4. The number of carbonyl (C=O) groups is 5. The van der Waals surface area contributed by atoms with E-state index in [1.165, 1.54) is 20.8 Å². The van der Waals surface area contributed by atoms with Crippen LogP contribution in [0.4, 0.5) is 0 Å². The summed E-state index contributed by atoms with van der Waals surface area (Å²) in [6, 6.07) is -3.26.